The van der Waals surface area contributed by atoms with E-state index in [2.05, 4.69) is 9.88 Å². The molecule has 1 fully saturated rings. The minimum Gasteiger partial charge on any atom is -0.345 e. The Kier molecular flexibility index (Phi) is 3.78. The van der Waals surface area contributed by atoms with E-state index >= 15 is 0 Å². The Balaban J connectivity index is 1.90. The van der Waals surface area contributed by atoms with Crippen LogP contribution in [0.15, 0.2) is 23.2 Å². The second kappa shape index (κ2) is 5.31. The van der Waals surface area contributed by atoms with Crippen LogP contribution in [-0.4, -0.2) is 42.0 Å². The summed E-state index contributed by atoms with van der Waals surface area (Å²) in [6.45, 7) is 7.20. The van der Waals surface area contributed by atoms with E-state index < -0.39 is 0 Å². The fourth-order valence-corrected chi connectivity index (χ4v) is 2.53. The van der Waals surface area contributed by atoms with Gasteiger partial charge in [-0.3, -0.25) is 4.79 Å². The summed E-state index contributed by atoms with van der Waals surface area (Å²) in [5.41, 5.74) is 1.05. The van der Waals surface area contributed by atoms with Crippen molar-refractivity contribution >= 4 is 22.4 Å². The van der Waals surface area contributed by atoms with E-state index in [-0.39, 0.29) is 5.91 Å². The maximum atomic E-state index is 11.8. The molecule has 5 heteroatoms. The standard InChI is InChI=1S/C12H17N3OS/c1-10(2)9-11(16)14-4-6-15(7-5-14)12-13-3-8-17-12/h3,8-9H,4-7H2,1-2H3. The molecular formula is C12H17N3OS. The Labute approximate surface area is 106 Å². The van der Waals surface area contributed by atoms with E-state index in [4.69, 9.17) is 0 Å². The van der Waals surface area contributed by atoms with E-state index in [1.165, 1.54) is 0 Å². The highest BCUT2D eigenvalue weighted by atomic mass is 32.1. The number of nitrogens with zero attached hydrogens (tertiary/aromatic N) is 3. The van der Waals surface area contributed by atoms with E-state index in [9.17, 15) is 4.79 Å². The minimum absolute atomic E-state index is 0.129. The van der Waals surface area contributed by atoms with Crippen LogP contribution in [0.2, 0.25) is 0 Å². The smallest absolute Gasteiger partial charge is 0.246 e. The summed E-state index contributed by atoms with van der Waals surface area (Å²) >= 11 is 1.65. The van der Waals surface area contributed by atoms with Gasteiger partial charge in [0.25, 0.3) is 0 Å². The third-order valence-corrected chi connectivity index (χ3v) is 3.53. The number of carbonyl (C=O) groups excluding carboxylic acids is 1. The third-order valence-electron chi connectivity index (χ3n) is 2.69. The molecule has 1 amide bonds. The lowest BCUT2D eigenvalue weighted by Crippen LogP contribution is -2.48. The summed E-state index contributed by atoms with van der Waals surface area (Å²) in [5.74, 6) is 0.129. The first-order valence-electron chi connectivity index (χ1n) is 5.75. The number of hydrogen-bond acceptors (Lipinski definition) is 4. The number of piperazine rings is 1. The molecule has 0 atom stereocenters. The zero-order valence-electron chi connectivity index (χ0n) is 10.2. The van der Waals surface area contributed by atoms with Crippen LogP contribution in [0.3, 0.4) is 0 Å². The van der Waals surface area contributed by atoms with Crippen LogP contribution in [0.5, 0.6) is 0 Å². The molecule has 4 nitrogen and oxygen atoms in total. The van der Waals surface area contributed by atoms with Crippen molar-refractivity contribution in [3.05, 3.63) is 23.2 Å². The molecule has 0 aliphatic carbocycles. The number of aromatic nitrogens is 1. The van der Waals surface area contributed by atoms with Gasteiger partial charge in [-0.05, 0) is 13.8 Å². The summed E-state index contributed by atoms with van der Waals surface area (Å²) in [7, 11) is 0. The second-order valence-corrected chi connectivity index (χ2v) is 5.22. The van der Waals surface area contributed by atoms with Gasteiger partial charge in [0.15, 0.2) is 5.13 Å². The molecule has 0 saturated carbocycles. The van der Waals surface area contributed by atoms with Crippen LogP contribution >= 0.6 is 11.3 Å². The lowest BCUT2D eigenvalue weighted by molar-refractivity contribution is -0.126. The number of anilines is 1. The Morgan fingerprint density at radius 2 is 2.06 bits per heavy atom. The lowest BCUT2D eigenvalue weighted by Gasteiger charge is -2.34. The van der Waals surface area contributed by atoms with Gasteiger partial charge < -0.3 is 9.80 Å². The number of thiazole rings is 1. The molecule has 1 aromatic heterocycles. The first-order valence-corrected chi connectivity index (χ1v) is 6.63. The summed E-state index contributed by atoms with van der Waals surface area (Å²) in [4.78, 5) is 20.2. The Hall–Kier alpha value is -1.36. The van der Waals surface area contributed by atoms with Crippen LogP contribution in [0.25, 0.3) is 0 Å². The lowest BCUT2D eigenvalue weighted by atomic mass is 10.2. The van der Waals surface area contributed by atoms with E-state index in [1.807, 2.05) is 30.3 Å². The Bertz CT molecular complexity index is 401. The maximum Gasteiger partial charge on any atom is 0.246 e. The molecule has 2 heterocycles. The van der Waals surface area contributed by atoms with Crippen molar-refractivity contribution in [2.75, 3.05) is 31.1 Å². The predicted molar refractivity (Wildman–Crippen MR) is 70.3 cm³/mol. The van der Waals surface area contributed by atoms with Gasteiger partial charge in [0.05, 0.1) is 0 Å². The number of hydrogen-bond donors (Lipinski definition) is 0. The highest BCUT2D eigenvalue weighted by Crippen LogP contribution is 2.18. The average molecular weight is 251 g/mol. The molecule has 0 spiro atoms. The summed E-state index contributed by atoms with van der Waals surface area (Å²) < 4.78 is 0. The Morgan fingerprint density at radius 3 is 2.59 bits per heavy atom. The number of allylic oxidation sites excluding steroid dienone is 1. The average Bonchev–Trinajstić information content (AvgIpc) is 2.82. The maximum absolute atomic E-state index is 11.8. The molecule has 1 aliphatic heterocycles. The van der Waals surface area contributed by atoms with Crippen molar-refractivity contribution in [1.82, 2.24) is 9.88 Å². The minimum atomic E-state index is 0.129. The van der Waals surface area contributed by atoms with Crippen LogP contribution in [0.4, 0.5) is 5.13 Å². The molecule has 1 saturated heterocycles. The molecule has 92 valence electrons. The predicted octanol–water partition coefficient (Wildman–Crippen LogP) is 1.76. The number of carbonyl (C=O) groups is 1. The zero-order chi connectivity index (χ0) is 12.3. The number of rotatable bonds is 2. The SMILES string of the molecule is CC(C)=CC(=O)N1CCN(c2nccs2)CC1. The monoisotopic (exact) mass is 251 g/mol. The molecule has 1 aliphatic rings. The van der Waals surface area contributed by atoms with Crippen molar-refractivity contribution < 1.29 is 4.79 Å². The van der Waals surface area contributed by atoms with Crippen molar-refractivity contribution in [2.45, 2.75) is 13.8 Å². The van der Waals surface area contributed by atoms with Crippen LogP contribution in [0.1, 0.15) is 13.8 Å². The van der Waals surface area contributed by atoms with E-state index in [1.54, 1.807) is 17.4 Å². The second-order valence-electron chi connectivity index (χ2n) is 4.35. The van der Waals surface area contributed by atoms with Gasteiger partial charge in [-0.15, -0.1) is 11.3 Å². The van der Waals surface area contributed by atoms with Crippen LogP contribution in [0, 0.1) is 0 Å². The quantitative estimate of drug-likeness (QED) is 0.751. The van der Waals surface area contributed by atoms with E-state index in [0.717, 1.165) is 36.9 Å². The van der Waals surface area contributed by atoms with Gasteiger partial charge in [0.1, 0.15) is 0 Å². The van der Waals surface area contributed by atoms with Gasteiger partial charge in [-0.2, -0.15) is 0 Å². The van der Waals surface area contributed by atoms with Crippen molar-refractivity contribution in [2.24, 2.45) is 0 Å². The molecule has 0 radical (unpaired) electrons. The van der Waals surface area contributed by atoms with Crippen molar-refractivity contribution in [1.29, 1.82) is 0 Å². The number of amides is 1. The van der Waals surface area contributed by atoms with Gasteiger partial charge in [-0.25, -0.2) is 4.98 Å². The molecular weight excluding hydrogens is 234 g/mol. The van der Waals surface area contributed by atoms with Gasteiger partial charge in [0.2, 0.25) is 5.91 Å². The van der Waals surface area contributed by atoms with Crippen LogP contribution in [-0.2, 0) is 4.79 Å². The summed E-state index contributed by atoms with van der Waals surface area (Å²) in [6.07, 6.45) is 3.53. The first kappa shape index (κ1) is 12.1. The van der Waals surface area contributed by atoms with Crippen LogP contribution < -0.4 is 4.90 Å². The molecule has 1 aromatic rings. The fraction of sp³-hybridized carbons (Fsp3) is 0.500. The highest BCUT2D eigenvalue weighted by molar-refractivity contribution is 7.13. The topological polar surface area (TPSA) is 36.4 Å². The summed E-state index contributed by atoms with van der Waals surface area (Å²) in [5, 5.41) is 3.04. The molecule has 0 bridgehead atoms. The van der Waals surface area contributed by atoms with Gasteiger partial charge in [-0.1, -0.05) is 5.57 Å². The molecule has 0 aromatic carbocycles. The third kappa shape index (κ3) is 3.06. The fourth-order valence-electron chi connectivity index (χ4n) is 1.83. The molecule has 0 N–H and O–H groups in total. The van der Waals surface area contributed by atoms with Gasteiger partial charge in [0, 0.05) is 43.8 Å². The largest absolute Gasteiger partial charge is 0.345 e. The molecule has 0 unspecified atom stereocenters. The normalized spacial score (nSPS) is 15.9. The first-order chi connectivity index (χ1) is 8.16. The highest BCUT2D eigenvalue weighted by Gasteiger charge is 2.20. The summed E-state index contributed by atoms with van der Waals surface area (Å²) in [6, 6.07) is 0. The van der Waals surface area contributed by atoms with Crippen molar-refractivity contribution in [3.8, 4) is 0 Å². The van der Waals surface area contributed by atoms with E-state index in [0.29, 0.717) is 0 Å². The van der Waals surface area contributed by atoms with Crippen molar-refractivity contribution in [3.63, 3.8) is 0 Å². The molecule has 17 heavy (non-hydrogen) atoms. The molecule has 2 rings (SSSR count). The van der Waals surface area contributed by atoms with Gasteiger partial charge >= 0.3 is 0 Å². The Morgan fingerprint density at radius 1 is 1.35 bits per heavy atom. The zero-order valence-corrected chi connectivity index (χ0v) is 11.0.